The van der Waals surface area contributed by atoms with Gasteiger partial charge >= 0.3 is 6.18 Å². The van der Waals surface area contributed by atoms with E-state index in [1.165, 1.54) is 23.9 Å². The van der Waals surface area contributed by atoms with Crippen molar-refractivity contribution in [1.29, 1.82) is 0 Å². The summed E-state index contributed by atoms with van der Waals surface area (Å²) in [5.74, 6) is 0.258. The van der Waals surface area contributed by atoms with E-state index in [0.717, 1.165) is 6.07 Å². The van der Waals surface area contributed by atoms with Crippen LogP contribution in [0.4, 0.5) is 13.2 Å². The van der Waals surface area contributed by atoms with Gasteiger partial charge in [-0.3, -0.25) is 0 Å². The highest BCUT2D eigenvalue weighted by atomic mass is 35.5. The van der Waals surface area contributed by atoms with E-state index in [2.05, 4.69) is 5.10 Å². The summed E-state index contributed by atoms with van der Waals surface area (Å²) in [5.41, 5.74) is 0.0816. The number of nitrogens with zero attached hydrogens (tertiary/aromatic N) is 2. The van der Waals surface area contributed by atoms with Crippen LogP contribution in [-0.2, 0) is 6.18 Å². The lowest BCUT2D eigenvalue weighted by molar-refractivity contribution is -0.141. The van der Waals surface area contributed by atoms with Crippen LogP contribution >= 0.6 is 23.2 Å². The van der Waals surface area contributed by atoms with Crippen molar-refractivity contribution in [3.8, 4) is 22.7 Å². The van der Waals surface area contributed by atoms with E-state index < -0.39 is 11.9 Å². The molecule has 0 saturated carbocycles. The summed E-state index contributed by atoms with van der Waals surface area (Å²) in [6.45, 7) is 0. The van der Waals surface area contributed by atoms with Crippen molar-refractivity contribution in [2.45, 2.75) is 6.18 Å². The molecule has 3 aromatic rings. The predicted octanol–water partition coefficient (Wildman–Crippen LogP) is 5.87. The molecule has 2 aromatic carbocycles. The Morgan fingerprint density at radius 1 is 1.00 bits per heavy atom. The first kappa shape index (κ1) is 17.6. The van der Waals surface area contributed by atoms with Crippen LogP contribution < -0.4 is 4.74 Å². The van der Waals surface area contributed by atoms with Gasteiger partial charge in [-0.2, -0.15) is 18.3 Å². The van der Waals surface area contributed by atoms with Crippen LogP contribution in [0, 0.1) is 0 Å². The molecule has 3 nitrogen and oxygen atoms in total. The van der Waals surface area contributed by atoms with Crippen LogP contribution in [0.2, 0.25) is 10.0 Å². The number of para-hydroxylation sites is 1. The molecule has 130 valence electrons. The van der Waals surface area contributed by atoms with E-state index in [4.69, 9.17) is 27.9 Å². The van der Waals surface area contributed by atoms with Crippen LogP contribution in [0.1, 0.15) is 5.69 Å². The lowest BCUT2D eigenvalue weighted by Gasteiger charge is -2.11. The van der Waals surface area contributed by atoms with Crippen LogP contribution in [-0.4, -0.2) is 16.9 Å². The molecule has 1 aromatic heterocycles. The zero-order chi connectivity index (χ0) is 18.2. The van der Waals surface area contributed by atoms with Crippen molar-refractivity contribution in [3.05, 3.63) is 64.3 Å². The number of halogens is 5. The zero-order valence-corrected chi connectivity index (χ0v) is 14.3. The van der Waals surface area contributed by atoms with Crippen molar-refractivity contribution in [2.24, 2.45) is 0 Å². The second-order valence-electron chi connectivity index (χ2n) is 5.13. The number of aromatic nitrogens is 2. The van der Waals surface area contributed by atoms with Crippen LogP contribution in [0.5, 0.6) is 5.75 Å². The Morgan fingerprint density at radius 3 is 2.12 bits per heavy atom. The highest BCUT2D eigenvalue weighted by Gasteiger charge is 2.35. The van der Waals surface area contributed by atoms with Gasteiger partial charge in [0.25, 0.3) is 0 Å². The Balaban J connectivity index is 2.23. The predicted molar refractivity (Wildman–Crippen MR) is 90.6 cm³/mol. The fourth-order valence-electron chi connectivity index (χ4n) is 2.39. The van der Waals surface area contributed by atoms with Gasteiger partial charge in [-0.05, 0) is 30.3 Å². The topological polar surface area (TPSA) is 27.1 Å². The molecule has 0 aliphatic rings. The van der Waals surface area contributed by atoms with E-state index in [0.29, 0.717) is 11.3 Å². The average molecular weight is 387 g/mol. The molecule has 0 atom stereocenters. The molecule has 0 bridgehead atoms. The van der Waals surface area contributed by atoms with Gasteiger partial charge in [0.15, 0.2) is 11.4 Å². The molecule has 1 heterocycles. The summed E-state index contributed by atoms with van der Waals surface area (Å²) in [6, 6.07) is 12.4. The summed E-state index contributed by atoms with van der Waals surface area (Å²) in [5, 5.41) is 4.09. The van der Waals surface area contributed by atoms with Crippen LogP contribution in [0.3, 0.4) is 0 Å². The second-order valence-corrected chi connectivity index (χ2v) is 5.95. The summed E-state index contributed by atoms with van der Waals surface area (Å²) in [7, 11) is 1.41. The van der Waals surface area contributed by atoms with Gasteiger partial charge in [0.05, 0.1) is 28.5 Å². The quantitative estimate of drug-likeness (QED) is 0.562. The third-order valence-corrected chi connectivity index (χ3v) is 4.06. The van der Waals surface area contributed by atoms with E-state index in [1.54, 1.807) is 30.3 Å². The zero-order valence-electron chi connectivity index (χ0n) is 12.8. The average Bonchev–Trinajstić information content (AvgIpc) is 3.01. The Labute approximate surface area is 151 Å². The minimum atomic E-state index is -4.57. The molecule has 8 heteroatoms. The van der Waals surface area contributed by atoms with Crippen molar-refractivity contribution in [3.63, 3.8) is 0 Å². The largest absolute Gasteiger partial charge is 0.494 e. The first-order valence-corrected chi connectivity index (χ1v) is 7.83. The molecule has 0 fully saturated rings. The maximum Gasteiger partial charge on any atom is 0.435 e. The van der Waals surface area contributed by atoms with E-state index in [-0.39, 0.29) is 21.5 Å². The molecule has 0 N–H and O–H groups in total. The van der Waals surface area contributed by atoms with Gasteiger partial charge in [0.1, 0.15) is 0 Å². The van der Waals surface area contributed by atoms with Gasteiger partial charge < -0.3 is 4.74 Å². The fourth-order valence-corrected chi connectivity index (χ4v) is 3.04. The number of alkyl halides is 3. The van der Waals surface area contributed by atoms with E-state index in [9.17, 15) is 13.2 Å². The molecule has 0 saturated heterocycles. The summed E-state index contributed by atoms with van der Waals surface area (Å²) >= 11 is 12.2. The number of ether oxygens (including phenoxy) is 1. The van der Waals surface area contributed by atoms with E-state index >= 15 is 0 Å². The Kier molecular flexibility index (Phi) is 4.67. The molecule has 0 unspecified atom stereocenters. The number of rotatable bonds is 3. The fraction of sp³-hybridized carbons (Fsp3) is 0.118. The van der Waals surface area contributed by atoms with Crippen molar-refractivity contribution < 1.29 is 17.9 Å². The molecular formula is C17H11Cl2F3N2O. The minimum Gasteiger partial charge on any atom is -0.494 e. The number of hydrogen-bond acceptors (Lipinski definition) is 2. The molecule has 0 aliphatic carbocycles. The SMILES string of the molecule is COc1c(Cl)cc(-c2cc(C(F)(F)F)nn2-c2ccccc2)cc1Cl. The van der Waals surface area contributed by atoms with Crippen molar-refractivity contribution in [1.82, 2.24) is 9.78 Å². The molecule has 3 rings (SSSR count). The number of methoxy groups -OCH3 is 1. The number of benzene rings is 2. The van der Waals surface area contributed by atoms with Gasteiger partial charge in [-0.1, -0.05) is 41.4 Å². The van der Waals surface area contributed by atoms with Gasteiger partial charge in [0, 0.05) is 5.56 Å². The minimum absolute atomic E-state index is 0.194. The standard InChI is InChI=1S/C17H11Cl2F3N2O/c1-25-16-12(18)7-10(8-13(16)19)14-9-15(17(20,21)22)23-24(14)11-5-3-2-4-6-11/h2-9H,1H3. The third-order valence-electron chi connectivity index (χ3n) is 3.50. The van der Waals surface area contributed by atoms with Crippen molar-refractivity contribution >= 4 is 23.2 Å². The second kappa shape index (κ2) is 6.61. The monoisotopic (exact) mass is 386 g/mol. The first-order chi connectivity index (χ1) is 11.8. The van der Waals surface area contributed by atoms with E-state index in [1.807, 2.05) is 0 Å². The normalized spacial score (nSPS) is 11.6. The van der Waals surface area contributed by atoms with Crippen LogP contribution in [0.15, 0.2) is 48.5 Å². The summed E-state index contributed by atoms with van der Waals surface area (Å²) in [6.07, 6.45) is -4.57. The lowest BCUT2D eigenvalue weighted by Crippen LogP contribution is -2.07. The Bertz CT molecular complexity index is 885. The number of hydrogen-bond donors (Lipinski definition) is 0. The summed E-state index contributed by atoms with van der Waals surface area (Å²) in [4.78, 5) is 0. The lowest BCUT2D eigenvalue weighted by atomic mass is 10.1. The maximum atomic E-state index is 13.1. The van der Waals surface area contributed by atoms with Gasteiger partial charge in [-0.15, -0.1) is 0 Å². The van der Waals surface area contributed by atoms with Gasteiger partial charge in [0.2, 0.25) is 0 Å². The molecular weight excluding hydrogens is 376 g/mol. The smallest absolute Gasteiger partial charge is 0.435 e. The highest BCUT2D eigenvalue weighted by molar-refractivity contribution is 6.37. The van der Waals surface area contributed by atoms with Crippen molar-refractivity contribution in [2.75, 3.05) is 7.11 Å². The summed E-state index contributed by atoms with van der Waals surface area (Å²) < 4.78 is 45.7. The first-order valence-electron chi connectivity index (χ1n) is 7.07. The Morgan fingerprint density at radius 2 is 1.60 bits per heavy atom. The maximum absolute atomic E-state index is 13.1. The molecule has 25 heavy (non-hydrogen) atoms. The third kappa shape index (κ3) is 3.45. The van der Waals surface area contributed by atoms with Gasteiger partial charge in [-0.25, -0.2) is 4.68 Å². The highest BCUT2D eigenvalue weighted by Crippen LogP contribution is 2.39. The molecule has 0 aliphatic heterocycles. The van der Waals surface area contributed by atoms with Crippen LogP contribution in [0.25, 0.3) is 16.9 Å². The molecule has 0 radical (unpaired) electrons. The molecule has 0 spiro atoms. The Hall–Kier alpha value is -2.18. The molecule has 0 amide bonds.